The van der Waals surface area contributed by atoms with Gasteiger partial charge in [-0.2, -0.15) is 0 Å². The molecule has 1 fully saturated rings. The van der Waals surface area contributed by atoms with Gasteiger partial charge in [0.25, 0.3) is 0 Å². The molecular weight excluding hydrogens is 204 g/mol. The number of nitrogens with one attached hydrogen (secondary N) is 1. The first-order chi connectivity index (χ1) is 7.68. The molecule has 1 aliphatic carbocycles. The summed E-state index contributed by atoms with van der Waals surface area (Å²) in [6.45, 7) is 1.91. The van der Waals surface area contributed by atoms with E-state index < -0.39 is 0 Å². The molecule has 0 bridgehead atoms. The van der Waals surface area contributed by atoms with E-state index in [1.165, 1.54) is 0 Å². The Bertz CT molecular complexity index is 348. The lowest BCUT2D eigenvalue weighted by Gasteiger charge is -2.18. The van der Waals surface area contributed by atoms with E-state index in [2.05, 4.69) is 5.32 Å². The molecule has 2 rings (SSSR count). The van der Waals surface area contributed by atoms with Crippen molar-refractivity contribution >= 4 is 5.91 Å². The van der Waals surface area contributed by atoms with E-state index in [9.17, 15) is 4.79 Å². The van der Waals surface area contributed by atoms with Crippen LogP contribution in [-0.4, -0.2) is 11.9 Å². The number of hydrogen-bond donors (Lipinski definition) is 2. The second-order valence-corrected chi connectivity index (χ2v) is 4.45. The molecule has 1 aromatic rings. The Kier molecular flexibility index (Phi) is 3.29. The van der Waals surface area contributed by atoms with Gasteiger partial charge in [-0.15, -0.1) is 0 Å². The SMILES string of the molecule is C[C@H](NC(=O)C1CCCC1N)c1ccco1. The fourth-order valence-corrected chi connectivity index (χ4v) is 2.24. The highest BCUT2D eigenvalue weighted by Gasteiger charge is 2.31. The number of rotatable bonds is 3. The van der Waals surface area contributed by atoms with Crippen molar-refractivity contribution in [3.63, 3.8) is 0 Å². The van der Waals surface area contributed by atoms with E-state index in [0.717, 1.165) is 25.0 Å². The number of nitrogens with two attached hydrogens (primary N) is 1. The Morgan fingerprint density at radius 3 is 3.00 bits per heavy atom. The lowest BCUT2D eigenvalue weighted by Crippen LogP contribution is -2.39. The van der Waals surface area contributed by atoms with Crippen LogP contribution < -0.4 is 11.1 Å². The maximum absolute atomic E-state index is 11.9. The molecule has 0 aromatic carbocycles. The number of hydrogen-bond acceptors (Lipinski definition) is 3. The summed E-state index contributed by atoms with van der Waals surface area (Å²) >= 11 is 0. The second-order valence-electron chi connectivity index (χ2n) is 4.45. The van der Waals surface area contributed by atoms with Gasteiger partial charge >= 0.3 is 0 Å². The van der Waals surface area contributed by atoms with Gasteiger partial charge < -0.3 is 15.5 Å². The van der Waals surface area contributed by atoms with Crippen LogP contribution >= 0.6 is 0 Å². The molecule has 88 valence electrons. The molecular formula is C12H18N2O2. The van der Waals surface area contributed by atoms with Crippen molar-refractivity contribution in [3.05, 3.63) is 24.2 Å². The van der Waals surface area contributed by atoms with Crippen molar-refractivity contribution in [1.82, 2.24) is 5.32 Å². The monoisotopic (exact) mass is 222 g/mol. The van der Waals surface area contributed by atoms with Crippen molar-refractivity contribution in [1.29, 1.82) is 0 Å². The van der Waals surface area contributed by atoms with Gasteiger partial charge in [-0.3, -0.25) is 4.79 Å². The van der Waals surface area contributed by atoms with E-state index >= 15 is 0 Å². The molecule has 0 aliphatic heterocycles. The van der Waals surface area contributed by atoms with Crippen LogP contribution in [0.5, 0.6) is 0 Å². The Morgan fingerprint density at radius 1 is 1.62 bits per heavy atom. The summed E-state index contributed by atoms with van der Waals surface area (Å²) in [5.74, 6) is 0.797. The van der Waals surface area contributed by atoms with Crippen molar-refractivity contribution in [3.8, 4) is 0 Å². The summed E-state index contributed by atoms with van der Waals surface area (Å²) < 4.78 is 5.24. The van der Waals surface area contributed by atoms with Crippen LogP contribution in [0.4, 0.5) is 0 Å². The quantitative estimate of drug-likeness (QED) is 0.816. The van der Waals surface area contributed by atoms with Crippen LogP contribution in [-0.2, 0) is 4.79 Å². The van der Waals surface area contributed by atoms with E-state index in [1.807, 2.05) is 19.1 Å². The molecule has 1 amide bonds. The fraction of sp³-hybridized carbons (Fsp3) is 0.583. The number of carbonyl (C=O) groups excluding carboxylic acids is 1. The molecule has 1 aliphatic rings. The van der Waals surface area contributed by atoms with Gasteiger partial charge in [0.05, 0.1) is 18.2 Å². The third-order valence-electron chi connectivity index (χ3n) is 3.23. The standard InChI is InChI=1S/C12H18N2O2/c1-8(11-6-3-7-16-11)14-12(15)9-4-2-5-10(9)13/h3,6-10H,2,4-5,13H2,1H3,(H,14,15)/t8-,9?,10?/m0/s1. The maximum Gasteiger partial charge on any atom is 0.225 e. The van der Waals surface area contributed by atoms with Crippen LogP contribution in [0.1, 0.15) is 38.0 Å². The Labute approximate surface area is 95.2 Å². The number of carbonyl (C=O) groups is 1. The highest BCUT2D eigenvalue weighted by molar-refractivity contribution is 5.80. The Balaban J connectivity index is 1.92. The molecule has 16 heavy (non-hydrogen) atoms. The highest BCUT2D eigenvalue weighted by Crippen LogP contribution is 2.25. The minimum atomic E-state index is -0.0877. The zero-order valence-corrected chi connectivity index (χ0v) is 9.48. The third-order valence-corrected chi connectivity index (χ3v) is 3.23. The largest absolute Gasteiger partial charge is 0.467 e. The first-order valence-electron chi connectivity index (χ1n) is 5.78. The van der Waals surface area contributed by atoms with Crippen molar-refractivity contribution in [2.24, 2.45) is 11.7 Å². The molecule has 0 spiro atoms. The molecule has 0 radical (unpaired) electrons. The van der Waals surface area contributed by atoms with Crippen LogP contribution in [0.15, 0.2) is 22.8 Å². The zero-order chi connectivity index (χ0) is 11.5. The molecule has 4 nitrogen and oxygen atoms in total. The molecule has 3 atom stereocenters. The Hall–Kier alpha value is -1.29. The average Bonchev–Trinajstić information content (AvgIpc) is 2.86. The average molecular weight is 222 g/mol. The minimum absolute atomic E-state index is 0.0174. The zero-order valence-electron chi connectivity index (χ0n) is 9.48. The lowest BCUT2D eigenvalue weighted by atomic mass is 10.0. The third kappa shape index (κ3) is 2.27. The van der Waals surface area contributed by atoms with Crippen LogP contribution in [0.2, 0.25) is 0 Å². The summed E-state index contributed by atoms with van der Waals surface area (Å²) in [5, 5.41) is 2.94. The fourth-order valence-electron chi connectivity index (χ4n) is 2.24. The highest BCUT2D eigenvalue weighted by atomic mass is 16.3. The minimum Gasteiger partial charge on any atom is -0.467 e. The van der Waals surface area contributed by atoms with E-state index in [4.69, 9.17) is 10.2 Å². The predicted octanol–water partition coefficient (Wildman–Crippen LogP) is 1.58. The van der Waals surface area contributed by atoms with Crippen molar-refractivity contribution in [2.45, 2.75) is 38.3 Å². The van der Waals surface area contributed by atoms with Gasteiger partial charge in [0, 0.05) is 6.04 Å². The van der Waals surface area contributed by atoms with Gasteiger partial charge in [0.2, 0.25) is 5.91 Å². The summed E-state index contributed by atoms with van der Waals surface area (Å²) in [7, 11) is 0. The maximum atomic E-state index is 11.9. The van der Waals surface area contributed by atoms with Gasteiger partial charge in [-0.05, 0) is 31.9 Å². The predicted molar refractivity (Wildman–Crippen MR) is 60.6 cm³/mol. The molecule has 1 aromatic heterocycles. The Morgan fingerprint density at radius 2 is 2.44 bits per heavy atom. The molecule has 4 heteroatoms. The molecule has 2 unspecified atom stereocenters. The topological polar surface area (TPSA) is 68.3 Å². The van der Waals surface area contributed by atoms with Gasteiger partial charge in [-0.25, -0.2) is 0 Å². The number of amides is 1. The van der Waals surface area contributed by atoms with Gasteiger partial charge in [0.1, 0.15) is 5.76 Å². The smallest absolute Gasteiger partial charge is 0.225 e. The summed E-state index contributed by atoms with van der Waals surface area (Å²) in [4.78, 5) is 11.9. The molecule has 1 heterocycles. The van der Waals surface area contributed by atoms with Crippen molar-refractivity contribution in [2.75, 3.05) is 0 Å². The summed E-state index contributed by atoms with van der Waals surface area (Å²) in [6, 6.07) is 3.61. The van der Waals surface area contributed by atoms with E-state index in [1.54, 1.807) is 6.26 Å². The summed E-state index contributed by atoms with van der Waals surface area (Å²) in [5.41, 5.74) is 5.89. The summed E-state index contributed by atoms with van der Waals surface area (Å²) in [6.07, 6.45) is 4.51. The van der Waals surface area contributed by atoms with Gasteiger partial charge in [-0.1, -0.05) is 6.42 Å². The molecule has 1 saturated carbocycles. The van der Waals surface area contributed by atoms with Gasteiger partial charge in [0.15, 0.2) is 0 Å². The first-order valence-corrected chi connectivity index (χ1v) is 5.78. The lowest BCUT2D eigenvalue weighted by molar-refractivity contribution is -0.125. The van der Waals surface area contributed by atoms with Crippen molar-refractivity contribution < 1.29 is 9.21 Å². The molecule has 3 N–H and O–H groups in total. The van der Waals surface area contributed by atoms with Crippen LogP contribution in [0.3, 0.4) is 0 Å². The molecule has 0 saturated heterocycles. The van der Waals surface area contributed by atoms with Crippen LogP contribution in [0.25, 0.3) is 0 Å². The first kappa shape index (κ1) is 11.2. The van der Waals surface area contributed by atoms with E-state index in [0.29, 0.717) is 0 Å². The normalized spacial score (nSPS) is 26.6. The number of furan rings is 1. The van der Waals surface area contributed by atoms with Crippen LogP contribution in [0, 0.1) is 5.92 Å². The second kappa shape index (κ2) is 4.70. The van der Waals surface area contributed by atoms with E-state index in [-0.39, 0.29) is 23.9 Å².